The van der Waals surface area contributed by atoms with E-state index in [0.717, 1.165) is 42.7 Å². The summed E-state index contributed by atoms with van der Waals surface area (Å²) in [4.78, 5) is 30.7. The quantitative estimate of drug-likeness (QED) is 0.410. The number of nitrogens with one attached hydrogen (secondary N) is 1. The largest absolute Gasteiger partial charge is 0.481 e. The van der Waals surface area contributed by atoms with Crippen LogP contribution >= 0.6 is 23.1 Å². The fraction of sp³-hybridized carbons (Fsp3) is 0.560. The maximum Gasteiger partial charge on any atom is 0.324 e. The summed E-state index contributed by atoms with van der Waals surface area (Å²) < 4.78 is 0.930. The molecule has 0 spiro atoms. The maximum atomic E-state index is 13.5. The first-order valence-electron chi connectivity index (χ1n) is 12.0. The van der Waals surface area contributed by atoms with Crippen LogP contribution in [0.1, 0.15) is 75.7 Å². The van der Waals surface area contributed by atoms with Crippen LogP contribution in [0.3, 0.4) is 0 Å². The molecule has 8 heteroatoms. The summed E-state index contributed by atoms with van der Waals surface area (Å²) in [7, 11) is 0. The van der Waals surface area contributed by atoms with Gasteiger partial charge in [-0.3, -0.25) is 10.1 Å². The summed E-state index contributed by atoms with van der Waals surface area (Å²) in [6.45, 7) is 0. The molecule has 2 aliphatic rings. The molecule has 0 bridgehead atoms. The van der Waals surface area contributed by atoms with Crippen molar-refractivity contribution in [2.75, 3.05) is 11.1 Å². The highest BCUT2D eigenvalue weighted by molar-refractivity contribution is 8.01. The van der Waals surface area contributed by atoms with Crippen LogP contribution in [0.15, 0.2) is 40.7 Å². The van der Waals surface area contributed by atoms with Crippen molar-refractivity contribution in [1.82, 2.24) is 9.88 Å². The van der Waals surface area contributed by atoms with E-state index in [2.05, 4.69) is 45.5 Å². The van der Waals surface area contributed by atoms with Gasteiger partial charge in [0.05, 0.1) is 16.8 Å². The lowest BCUT2D eigenvalue weighted by Gasteiger charge is -2.42. The summed E-state index contributed by atoms with van der Waals surface area (Å²) in [6, 6.07) is 11.3. The number of carboxylic acids is 1. The average molecular weight is 488 g/mol. The summed E-state index contributed by atoms with van der Waals surface area (Å²) in [5.74, 6) is 0.290. The van der Waals surface area contributed by atoms with Crippen molar-refractivity contribution in [3.63, 3.8) is 0 Å². The highest BCUT2D eigenvalue weighted by Gasteiger charge is 2.35. The molecule has 2 aliphatic carbocycles. The van der Waals surface area contributed by atoms with Crippen molar-refractivity contribution in [2.24, 2.45) is 0 Å². The van der Waals surface area contributed by atoms with Crippen LogP contribution in [-0.4, -0.2) is 44.8 Å². The number of amides is 2. The Kier molecular flexibility index (Phi) is 8.67. The number of carboxylic acid groups (broad SMARTS) is 1. The Bertz CT molecular complexity index is 907. The Morgan fingerprint density at radius 2 is 1.73 bits per heavy atom. The topological polar surface area (TPSA) is 82.5 Å². The molecule has 1 aromatic carbocycles. The normalized spacial score (nSPS) is 21.5. The van der Waals surface area contributed by atoms with E-state index in [-0.39, 0.29) is 18.5 Å². The van der Waals surface area contributed by atoms with Crippen LogP contribution in [0.25, 0.3) is 0 Å². The first kappa shape index (κ1) is 24.1. The molecule has 0 radical (unpaired) electrons. The lowest BCUT2D eigenvalue weighted by Crippen LogP contribution is -2.50. The zero-order valence-corrected chi connectivity index (χ0v) is 20.6. The minimum absolute atomic E-state index is 0.0264. The Morgan fingerprint density at radius 3 is 2.42 bits per heavy atom. The predicted molar refractivity (Wildman–Crippen MR) is 134 cm³/mol. The van der Waals surface area contributed by atoms with E-state index in [4.69, 9.17) is 5.11 Å². The van der Waals surface area contributed by atoms with Crippen LogP contribution in [0.4, 0.5) is 9.93 Å². The number of urea groups is 1. The number of carbonyl (C=O) groups is 2. The second-order valence-electron chi connectivity index (χ2n) is 9.02. The molecular formula is C25H33N3O3S2. The van der Waals surface area contributed by atoms with Crippen LogP contribution in [0, 0.1) is 0 Å². The molecule has 0 saturated heterocycles. The molecule has 2 amide bonds. The van der Waals surface area contributed by atoms with Gasteiger partial charge in [-0.25, -0.2) is 9.78 Å². The average Bonchev–Trinajstić information content (AvgIpc) is 3.28. The first-order valence-corrected chi connectivity index (χ1v) is 13.8. The van der Waals surface area contributed by atoms with E-state index in [1.165, 1.54) is 47.9 Å². The van der Waals surface area contributed by atoms with Crippen molar-refractivity contribution in [3.8, 4) is 0 Å². The highest BCUT2D eigenvalue weighted by atomic mass is 32.2. The van der Waals surface area contributed by atoms with Gasteiger partial charge >= 0.3 is 12.0 Å². The van der Waals surface area contributed by atoms with Crippen LogP contribution in [-0.2, 0) is 4.79 Å². The van der Waals surface area contributed by atoms with Crippen molar-refractivity contribution in [2.45, 2.75) is 86.4 Å². The van der Waals surface area contributed by atoms with Crippen molar-refractivity contribution in [1.29, 1.82) is 0 Å². The van der Waals surface area contributed by atoms with Crippen LogP contribution in [0.2, 0.25) is 0 Å². The van der Waals surface area contributed by atoms with Gasteiger partial charge in [-0.1, -0.05) is 60.9 Å². The molecule has 0 unspecified atom stereocenters. The Labute approximate surface area is 204 Å². The number of carbonyl (C=O) groups excluding carboxylic acids is 1. The van der Waals surface area contributed by atoms with Gasteiger partial charge in [0.15, 0.2) is 5.13 Å². The van der Waals surface area contributed by atoms with Gasteiger partial charge in [-0.2, -0.15) is 0 Å². The number of thiazole rings is 1. The number of hydrogen-bond donors (Lipinski definition) is 2. The Hall–Kier alpha value is -2.06. The van der Waals surface area contributed by atoms with Crippen molar-refractivity contribution >= 4 is 40.2 Å². The van der Waals surface area contributed by atoms with E-state index in [1.807, 2.05) is 0 Å². The predicted octanol–water partition coefficient (Wildman–Crippen LogP) is 6.60. The number of benzene rings is 1. The zero-order valence-electron chi connectivity index (χ0n) is 18.9. The molecule has 1 aromatic heterocycles. The van der Waals surface area contributed by atoms with E-state index in [1.54, 1.807) is 6.20 Å². The minimum Gasteiger partial charge on any atom is -0.481 e. The molecule has 2 aromatic rings. The number of rotatable bonds is 8. The zero-order chi connectivity index (χ0) is 23.0. The Morgan fingerprint density at radius 1 is 1.03 bits per heavy atom. The fourth-order valence-corrected chi connectivity index (χ4v) is 7.05. The number of nitrogens with zero attached hydrogens (tertiary/aromatic N) is 2. The molecular weight excluding hydrogens is 454 g/mol. The molecule has 178 valence electrons. The highest BCUT2D eigenvalue weighted by Crippen LogP contribution is 2.37. The van der Waals surface area contributed by atoms with Gasteiger partial charge in [0.2, 0.25) is 0 Å². The molecule has 0 aliphatic heterocycles. The van der Waals surface area contributed by atoms with Gasteiger partial charge in [-0.15, -0.1) is 11.8 Å². The lowest BCUT2D eigenvalue weighted by molar-refractivity contribution is -0.136. The molecule has 6 nitrogen and oxygen atoms in total. The number of aromatic nitrogens is 1. The van der Waals surface area contributed by atoms with Crippen LogP contribution < -0.4 is 5.32 Å². The van der Waals surface area contributed by atoms with Gasteiger partial charge in [0, 0.05) is 17.8 Å². The fourth-order valence-electron chi connectivity index (χ4n) is 5.18. The number of hydrogen-bond acceptors (Lipinski definition) is 5. The van der Waals surface area contributed by atoms with Crippen molar-refractivity contribution in [3.05, 3.63) is 42.1 Å². The monoisotopic (exact) mass is 487 g/mol. The SMILES string of the molecule is O=C(O)CCSc1cnc(NC(=O)N(C2CCCCC2)[C@H]2CC[C@H](c3ccccc3)CC2)s1. The van der Waals surface area contributed by atoms with Gasteiger partial charge < -0.3 is 10.0 Å². The van der Waals surface area contributed by atoms with Gasteiger partial charge in [0.25, 0.3) is 0 Å². The molecule has 1 heterocycles. The van der Waals surface area contributed by atoms with Gasteiger partial charge in [0.1, 0.15) is 0 Å². The number of thioether (sulfide) groups is 1. The number of aliphatic carboxylic acids is 1. The van der Waals surface area contributed by atoms with E-state index < -0.39 is 5.97 Å². The third-order valence-electron chi connectivity index (χ3n) is 6.82. The minimum atomic E-state index is -0.800. The summed E-state index contributed by atoms with van der Waals surface area (Å²) >= 11 is 2.89. The molecule has 0 atom stereocenters. The maximum absolute atomic E-state index is 13.5. The Balaban J connectivity index is 1.39. The molecule has 2 N–H and O–H groups in total. The third kappa shape index (κ3) is 6.73. The van der Waals surface area contributed by atoms with E-state index >= 15 is 0 Å². The molecule has 4 rings (SSSR count). The van der Waals surface area contributed by atoms with Crippen LogP contribution in [0.5, 0.6) is 0 Å². The first-order chi connectivity index (χ1) is 16.1. The van der Waals surface area contributed by atoms with Crippen molar-refractivity contribution < 1.29 is 14.7 Å². The molecule has 2 saturated carbocycles. The summed E-state index contributed by atoms with van der Waals surface area (Å²) in [5.41, 5.74) is 1.42. The second-order valence-corrected chi connectivity index (χ2v) is 11.4. The smallest absolute Gasteiger partial charge is 0.324 e. The van der Waals surface area contributed by atoms with E-state index in [0.29, 0.717) is 22.8 Å². The summed E-state index contributed by atoms with van der Waals surface area (Å²) in [5, 5.41) is 12.5. The van der Waals surface area contributed by atoms with Gasteiger partial charge in [-0.05, 0) is 50.0 Å². The van der Waals surface area contributed by atoms with E-state index in [9.17, 15) is 9.59 Å². The second kappa shape index (κ2) is 11.9. The molecule has 2 fully saturated rings. The molecule has 33 heavy (non-hydrogen) atoms. The number of anilines is 1. The lowest BCUT2D eigenvalue weighted by atomic mass is 9.80. The third-order valence-corrected chi connectivity index (χ3v) is 8.93. The standard InChI is InChI=1S/C25H33N3O3S2/c29-22(30)15-16-32-23-17-26-24(33-23)27-25(31)28(20-9-5-2-6-10-20)21-13-11-19(12-14-21)18-7-3-1-4-8-18/h1,3-4,7-8,17,19-21H,2,5-6,9-16H2,(H,29,30)(H,26,27,31)/t19-,21-. The summed E-state index contributed by atoms with van der Waals surface area (Å²) in [6.07, 6.45) is 12.0.